The lowest BCUT2D eigenvalue weighted by Crippen LogP contribution is -2.19. The minimum Gasteiger partial charge on any atom is -0.311 e. The van der Waals surface area contributed by atoms with E-state index in [1.807, 2.05) is 0 Å². The maximum atomic E-state index is 2.71. The molecule has 8 aromatic carbocycles. The van der Waals surface area contributed by atoms with Gasteiger partial charge in [0.05, 0.1) is 16.7 Å². The summed E-state index contributed by atoms with van der Waals surface area (Å²) in [4.78, 5) is 5.05. The highest BCUT2D eigenvalue weighted by atomic mass is 15.2. The first-order chi connectivity index (χ1) is 34.1. The van der Waals surface area contributed by atoms with Crippen molar-refractivity contribution in [3.63, 3.8) is 0 Å². The van der Waals surface area contributed by atoms with Gasteiger partial charge in [0.15, 0.2) is 0 Å². The zero-order chi connectivity index (χ0) is 47.3. The second-order valence-corrected chi connectivity index (χ2v) is 22.6. The number of hydrogen-bond donors (Lipinski definition) is 0. The van der Waals surface area contributed by atoms with Crippen molar-refractivity contribution in [2.24, 2.45) is 0 Å². The summed E-state index contributed by atoms with van der Waals surface area (Å²) in [5, 5.41) is 6.62. The van der Waals surface area contributed by atoms with Crippen molar-refractivity contribution in [2.75, 3.05) is 9.80 Å². The monoisotopic (exact) mass is 912 g/mol. The van der Waals surface area contributed by atoms with Gasteiger partial charge in [-0.15, -0.1) is 0 Å². The van der Waals surface area contributed by atoms with E-state index in [4.69, 9.17) is 0 Å². The molecule has 3 aliphatic carbocycles. The molecule has 0 unspecified atom stereocenters. The Morgan fingerprint density at radius 3 is 1.61 bits per heavy atom. The molecule has 0 N–H and O–H groups in total. The van der Waals surface area contributed by atoms with Crippen LogP contribution in [0.4, 0.5) is 34.1 Å². The highest BCUT2D eigenvalue weighted by molar-refractivity contribution is 6.28. The van der Waals surface area contributed by atoms with E-state index < -0.39 is 0 Å². The van der Waals surface area contributed by atoms with E-state index in [1.165, 1.54) is 175 Å². The van der Waals surface area contributed by atoms with E-state index in [0.29, 0.717) is 11.8 Å². The van der Waals surface area contributed by atoms with Crippen LogP contribution in [0.2, 0.25) is 0 Å². The summed E-state index contributed by atoms with van der Waals surface area (Å²) in [5.41, 5.74) is 19.3. The summed E-state index contributed by atoms with van der Waals surface area (Å²) in [7, 11) is 0. The van der Waals surface area contributed by atoms with Gasteiger partial charge in [-0.2, -0.15) is 0 Å². The first-order valence-electron chi connectivity index (χ1n) is 26.5. The Morgan fingerprint density at radius 1 is 0.471 bits per heavy atom. The quantitative estimate of drug-likeness (QED) is 0.150. The van der Waals surface area contributed by atoms with E-state index in [1.54, 1.807) is 0 Å². The summed E-state index contributed by atoms with van der Waals surface area (Å²) < 4.78 is 2.71. The van der Waals surface area contributed by atoms with Gasteiger partial charge in [0.2, 0.25) is 0 Å². The maximum absolute atomic E-state index is 2.71. The van der Waals surface area contributed by atoms with Gasteiger partial charge in [-0.3, -0.25) is 0 Å². The van der Waals surface area contributed by atoms with Crippen molar-refractivity contribution >= 4 is 72.1 Å². The number of rotatable bonds is 8. The van der Waals surface area contributed by atoms with Gasteiger partial charge in [0.25, 0.3) is 0 Å². The summed E-state index contributed by atoms with van der Waals surface area (Å²) in [6.45, 7) is 12.1. The van der Waals surface area contributed by atoms with Crippen LogP contribution in [-0.4, -0.2) is 4.40 Å². The minimum atomic E-state index is -0.313. The highest BCUT2D eigenvalue weighted by Crippen LogP contribution is 2.58. The number of anilines is 6. The first kappa shape index (κ1) is 43.2. The molecule has 2 aromatic heterocycles. The molecule has 0 radical (unpaired) electrons. The fraction of sp³-hybridized carbons (Fsp3) is 0.284. The van der Waals surface area contributed by atoms with Crippen LogP contribution < -0.4 is 9.80 Å². The number of hydrogen-bond acceptors (Lipinski definition) is 2. The average Bonchev–Trinajstić information content (AvgIpc) is 4.00. The fourth-order valence-corrected chi connectivity index (χ4v) is 13.4. The molecule has 2 heterocycles. The Bertz CT molecular complexity index is 3580. The Balaban J connectivity index is 1.05. The van der Waals surface area contributed by atoms with Gasteiger partial charge in [-0.05, 0) is 155 Å². The zero-order valence-electron chi connectivity index (χ0n) is 41.7. The molecule has 10 aromatic rings. The molecule has 3 heteroatoms. The average molecular weight is 912 g/mol. The molecule has 3 aliphatic rings. The molecule has 70 heavy (non-hydrogen) atoms. The Morgan fingerprint density at radius 2 is 1.00 bits per heavy atom. The van der Waals surface area contributed by atoms with Crippen LogP contribution in [0.5, 0.6) is 0 Å². The number of para-hydroxylation sites is 2. The van der Waals surface area contributed by atoms with Crippen LogP contribution in [0, 0.1) is 0 Å². The molecule has 0 saturated heterocycles. The third-order valence-corrected chi connectivity index (χ3v) is 16.9. The predicted octanol–water partition coefficient (Wildman–Crippen LogP) is 19.5. The Kier molecular flexibility index (Phi) is 10.3. The SMILES string of the molecule is CC(C)(C)c1cc2c3c(n4c5cc(N(c6ccccc6)c6cccc(C7CCCCC7)c6)c6ccccc6c5c(c1)c24)C(C)(C)c1cc(N(c2ccccc2)c2cccc(C4CCCCC4)c2)ccc1-3. The summed E-state index contributed by atoms with van der Waals surface area (Å²) in [6, 6.07) is 65.3. The van der Waals surface area contributed by atoms with Crippen LogP contribution in [0.25, 0.3) is 49.1 Å². The summed E-state index contributed by atoms with van der Waals surface area (Å²) in [6.07, 6.45) is 13.1. The molecule has 3 nitrogen and oxygen atoms in total. The second kappa shape index (κ2) is 16.7. The van der Waals surface area contributed by atoms with E-state index in [2.05, 4.69) is 219 Å². The summed E-state index contributed by atoms with van der Waals surface area (Å²) in [5.74, 6) is 1.24. The highest BCUT2D eigenvalue weighted by Gasteiger charge is 2.42. The van der Waals surface area contributed by atoms with E-state index >= 15 is 0 Å². The standard InChI is InChI=1S/C67H65N3/c1-66(2,3)48-40-57-62-55-35-19-18-34-54(55)60(69(50-30-16-9-17-31-50)52-33-21-27-47(39-52)45-24-12-7-13-25-45)43-61(62)70-64(57)58(41-48)63-56-37-36-53(42-59(56)67(4,5)65(63)70)68(49-28-14-8-15-29-49)51-32-20-26-46(38-51)44-22-10-6-11-23-44/h8-9,14-21,26-45H,6-7,10-13,22-25H2,1-5H3. The summed E-state index contributed by atoms with van der Waals surface area (Å²) >= 11 is 0. The molecule has 0 aliphatic heterocycles. The van der Waals surface area contributed by atoms with Gasteiger partial charge >= 0.3 is 0 Å². The lowest BCUT2D eigenvalue weighted by atomic mass is 9.84. The van der Waals surface area contributed by atoms with Gasteiger partial charge in [0, 0.05) is 66.7 Å². The Labute approximate surface area is 414 Å². The lowest BCUT2D eigenvalue weighted by Gasteiger charge is -2.30. The molecule has 13 rings (SSSR count). The van der Waals surface area contributed by atoms with Gasteiger partial charge in [0.1, 0.15) is 0 Å². The molecular formula is C67H65N3. The molecule has 348 valence electrons. The molecule has 0 spiro atoms. The van der Waals surface area contributed by atoms with Crippen molar-refractivity contribution in [1.29, 1.82) is 0 Å². The molecule has 2 saturated carbocycles. The molecule has 0 bridgehead atoms. The smallest absolute Gasteiger partial charge is 0.0618 e. The third-order valence-electron chi connectivity index (χ3n) is 16.9. The number of fused-ring (bicyclic) bond motifs is 10. The number of nitrogens with zero attached hydrogens (tertiary/aromatic N) is 3. The van der Waals surface area contributed by atoms with Crippen molar-refractivity contribution in [3.8, 4) is 11.1 Å². The van der Waals surface area contributed by atoms with Crippen LogP contribution >= 0.6 is 0 Å². The van der Waals surface area contributed by atoms with Crippen LogP contribution in [0.3, 0.4) is 0 Å². The van der Waals surface area contributed by atoms with Crippen molar-refractivity contribution in [2.45, 2.75) is 121 Å². The van der Waals surface area contributed by atoms with E-state index in [9.17, 15) is 0 Å². The molecule has 0 atom stereocenters. The fourth-order valence-electron chi connectivity index (χ4n) is 13.4. The number of benzene rings is 8. The van der Waals surface area contributed by atoms with Gasteiger partial charge in [-0.1, -0.05) is 164 Å². The maximum Gasteiger partial charge on any atom is 0.0618 e. The van der Waals surface area contributed by atoms with Crippen LogP contribution in [0.1, 0.15) is 139 Å². The largest absolute Gasteiger partial charge is 0.311 e. The zero-order valence-corrected chi connectivity index (χ0v) is 41.7. The normalized spacial score (nSPS) is 16.4. The molecule has 0 amide bonds. The van der Waals surface area contributed by atoms with Gasteiger partial charge < -0.3 is 14.2 Å². The van der Waals surface area contributed by atoms with Gasteiger partial charge in [-0.25, -0.2) is 0 Å². The molecular weight excluding hydrogens is 847 g/mol. The van der Waals surface area contributed by atoms with Crippen molar-refractivity contribution < 1.29 is 0 Å². The second-order valence-electron chi connectivity index (χ2n) is 22.6. The van der Waals surface area contributed by atoms with Crippen LogP contribution in [0.15, 0.2) is 170 Å². The topological polar surface area (TPSA) is 10.9 Å². The Hall–Kier alpha value is -6.84. The predicted molar refractivity (Wildman–Crippen MR) is 298 cm³/mol. The van der Waals surface area contributed by atoms with Crippen molar-refractivity contribution in [3.05, 3.63) is 198 Å². The first-order valence-corrected chi connectivity index (χ1v) is 26.5. The molecule has 2 fully saturated rings. The third kappa shape index (κ3) is 6.90. The van der Waals surface area contributed by atoms with Crippen LogP contribution in [-0.2, 0) is 10.8 Å². The lowest BCUT2D eigenvalue weighted by molar-refractivity contribution is 0.443. The number of aromatic nitrogens is 1. The minimum absolute atomic E-state index is 0.0468. The van der Waals surface area contributed by atoms with E-state index in [0.717, 1.165) is 0 Å². The van der Waals surface area contributed by atoms with E-state index in [-0.39, 0.29) is 10.8 Å². The van der Waals surface area contributed by atoms with Crippen molar-refractivity contribution in [1.82, 2.24) is 4.40 Å².